The first kappa shape index (κ1) is 12.8. The summed E-state index contributed by atoms with van der Waals surface area (Å²) < 4.78 is 0. The van der Waals surface area contributed by atoms with Gasteiger partial charge in [0.2, 0.25) is 0 Å². The van der Waals surface area contributed by atoms with Crippen molar-refractivity contribution in [3.8, 4) is 0 Å². The Morgan fingerprint density at radius 1 is 0.652 bits per heavy atom. The van der Waals surface area contributed by atoms with Crippen LogP contribution in [0.5, 0.6) is 0 Å². The lowest BCUT2D eigenvalue weighted by Gasteiger charge is -2.43. The predicted molar refractivity (Wildman–Crippen MR) is 94.8 cm³/mol. The van der Waals surface area contributed by atoms with E-state index in [9.17, 15) is 0 Å². The van der Waals surface area contributed by atoms with E-state index in [4.69, 9.17) is 11.5 Å². The molecule has 23 heavy (non-hydrogen) atoms. The number of aryl methyl sites for hydroxylation is 1. The Hall–Kier alpha value is -2.74. The molecule has 2 bridgehead atoms. The summed E-state index contributed by atoms with van der Waals surface area (Å²) in [5, 5.41) is 0. The lowest BCUT2D eigenvalue weighted by atomic mass is 9.60. The monoisotopic (exact) mass is 298 g/mol. The summed E-state index contributed by atoms with van der Waals surface area (Å²) >= 11 is 0. The third-order valence-corrected chi connectivity index (χ3v) is 5.52. The summed E-state index contributed by atoms with van der Waals surface area (Å²) in [5.41, 5.74) is 23.4. The molecule has 0 saturated carbocycles. The lowest BCUT2D eigenvalue weighted by Crippen LogP contribution is -2.29. The van der Waals surface area contributed by atoms with Crippen molar-refractivity contribution in [2.75, 3.05) is 11.5 Å². The highest BCUT2D eigenvalue weighted by atomic mass is 14.7. The average molecular weight is 298 g/mol. The molecule has 0 atom stereocenters. The van der Waals surface area contributed by atoms with Crippen molar-refractivity contribution < 1.29 is 0 Å². The largest absolute Gasteiger partial charge is 0.397 e. The molecular formula is C21H18N2. The SMILES string of the molecule is Cc1cc2c(c(N)c1N)C1c3ccccc3C2c2ccccc21. The van der Waals surface area contributed by atoms with Crippen LogP contribution in [-0.4, -0.2) is 0 Å². The third kappa shape index (κ3) is 1.43. The number of hydrogen-bond acceptors (Lipinski definition) is 2. The molecule has 4 N–H and O–H groups in total. The van der Waals surface area contributed by atoms with Crippen molar-refractivity contribution in [3.05, 3.63) is 93.5 Å². The van der Waals surface area contributed by atoms with Gasteiger partial charge in [-0.3, -0.25) is 0 Å². The lowest BCUT2D eigenvalue weighted by molar-refractivity contribution is 0.756. The molecule has 0 heterocycles. The van der Waals surface area contributed by atoms with Gasteiger partial charge in [-0.2, -0.15) is 0 Å². The van der Waals surface area contributed by atoms with Crippen LogP contribution in [0.3, 0.4) is 0 Å². The first-order chi connectivity index (χ1) is 11.2. The zero-order valence-corrected chi connectivity index (χ0v) is 13.0. The van der Waals surface area contributed by atoms with Crippen LogP contribution in [0, 0.1) is 6.92 Å². The van der Waals surface area contributed by atoms with E-state index < -0.39 is 0 Å². The number of rotatable bonds is 0. The number of benzene rings is 3. The molecule has 0 spiro atoms. The molecule has 3 aliphatic rings. The van der Waals surface area contributed by atoms with Gasteiger partial charge < -0.3 is 11.5 Å². The molecule has 0 radical (unpaired) electrons. The molecule has 6 rings (SSSR count). The maximum absolute atomic E-state index is 6.48. The van der Waals surface area contributed by atoms with Crippen LogP contribution in [0.15, 0.2) is 54.6 Å². The van der Waals surface area contributed by atoms with Gasteiger partial charge in [0.1, 0.15) is 0 Å². The molecule has 2 nitrogen and oxygen atoms in total. The molecule has 0 aromatic heterocycles. The summed E-state index contributed by atoms with van der Waals surface area (Å²) in [6.07, 6.45) is 0. The van der Waals surface area contributed by atoms with Crippen LogP contribution in [-0.2, 0) is 0 Å². The average Bonchev–Trinajstić information content (AvgIpc) is 2.59. The van der Waals surface area contributed by atoms with Crippen molar-refractivity contribution in [1.82, 2.24) is 0 Å². The normalized spacial score (nSPS) is 19.9. The third-order valence-electron chi connectivity index (χ3n) is 5.52. The van der Waals surface area contributed by atoms with Crippen molar-refractivity contribution in [1.29, 1.82) is 0 Å². The van der Waals surface area contributed by atoms with E-state index in [1.54, 1.807) is 0 Å². The van der Waals surface area contributed by atoms with E-state index in [2.05, 4.69) is 54.6 Å². The predicted octanol–water partition coefficient (Wildman–Crippen LogP) is 4.15. The number of anilines is 2. The van der Waals surface area contributed by atoms with Gasteiger partial charge in [-0.05, 0) is 45.9 Å². The van der Waals surface area contributed by atoms with E-state index in [0.717, 1.165) is 16.9 Å². The molecular weight excluding hydrogens is 280 g/mol. The zero-order chi connectivity index (χ0) is 15.7. The zero-order valence-electron chi connectivity index (χ0n) is 13.0. The number of nitrogens with two attached hydrogens (primary N) is 2. The topological polar surface area (TPSA) is 52.0 Å². The summed E-state index contributed by atoms with van der Waals surface area (Å²) in [6.45, 7) is 2.05. The van der Waals surface area contributed by atoms with E-state index in [1.807, 2.05) is 6.92 Å². The van der Waals surface area contributed by atoms with Crippen LogP contribution < -0.4 is 11.5 Å². The fourth-order valence-electron chi connectivity index (χ4n) is 4.52. The molecule has 0 amide bonds. The molecule has 0 saturated heterocycles. The van der Waals surface area contributed by atoms with Crippen LogP contribution in [0.4, 0.5) is 11.4 Å². The summed E-state index contributed by atoms with van der Waals surface area (Å²) in [4.78, 5) is 0. The Labute approximate surface area is 135 Å². The highest BCUT2D eigenvalue weighted by Crippen LogP contribution is 2.57. The van der Waals surface area contributed by atoms with Crippen LogP contribution in [0.1, 0.15) is 50.8 Å². The van der Waals surface area contributed by atoms with Crippen molar-refractivity contribution >= 4 is 11.4 Å². The summed E-state index contributed by atoms with van der Waals surface area (Å²) in [5.74, 6) is 0.467. The van der Waals surface area contributed by atoms with Crippen LogP contribution in [0.2, 0.25) is 0 Å². The molecule has 3 aromatic rings. The smallest absolute Gasteiger partial charge is 0.0595 e. The van der Waals surface area contributed by atoms with E-state index >= 15 is 0 Å². The minimum Gasteiger partial charge on any atom is -0.397 e. The van der Waals surface area contributed by atoms with Gasteiger partial charge in [-0.25, -0.2) is 0 Å². The maximum atomic E-state index is 6.48. The van der Waals surface area contributed by atoms with Gasteiger partial charge in [0.05, 0.1) is 11.4 Å². The van der Waals surface area contributed by atoms with Crippen molar-refractivity contribution in [2.24, 2.45) is 0 Å². The van der Waals surface area contributed by atoms with Gasteiger partial charge in [0.25, 0.3) is 0 Å². The minimum atomic E-state index is 0.199. The summed E-state index contributed by atoms with van der Waals surface area (Å²) in [7, 11) is 0. The Morgan fingerprint density at radius 2 is 1.13 bits per heavy atom. The van der Waals surface area contributed by atoms with Gasteiger partial charge in [0, 0.05) is 11.8 Å². The Morgan fingerprint density at radius 3 is 1.65 bits per heavy atom. The van der Waals surface area contributed by atoms with Crippen LogP contribution in [0.25, 0.3) is 0 Å². The van der Waals surface area contributed by atoms with Gasteiger partial charge in [-0.1, -0.05) is 54.6 Å². The number of hydrogen-bond donors (Lipinski definition) is 2. The van der Waals surface area contributed by atoms with Gasteiger partial charge in [0.15, 0.2) is 0 Å². The van der Waals surface area contributed by atoms with Gasteiger partial charge >= 0.3 is 0 Å². The van der Waals surface area contributed by atoms with E-state index in [0.29, 0.717) is 0 Å². The van der Waals surface area contributed by atoms with E-state index in [-0.39, 0.29) is 11.8 Å². The Kier molecular flexibility index (Phi) is 2.31. The fraction of sp³-hybridized carbons (Fsp3) is 0.143. The fourth-order valence-corrected chi connectivity index (χ4v) is 4.52. The molecule has 112 valence electrons. The highest BCUT2D eigenvalue weighted by Gasteiger charge is 2.42. The molecule has 0 aliphatic heterocycles. The molecule has 3 aromatic carbocycles. The molecule has 2 heteroatoms. The second-order valence-electron chi connectivity index (χ2n) is 6.65. The Bertz CT molecular complexity index is 924. The Balaban J connectivity index is 1.94. The maximum Gasteiger partial charge on any atom is 0.0595 e. The van der Waals surface area contributed by atoms with Gasteiger partial charge in [-0.15, -0.1) is 0 Å². The molecule has 3 aliphatic carbocycles. The second-order valence-corrected chi connectivity index (χ2v) is 6.65. The minimum absolute atomic E-state index is 0.199. The number of nitrogen functional groups attached to an aromatic ring is 2. The van der Waals surface area contributed by atoms with E-state index in [1.165, 1.54) is 33.4 Å². The second kappa shape index (κ2) is 4.17. The molecule has 0 fully saturated rings. The first-order valence-electron chi connectivity index (χ1n) is 8.04. The molecule has 0 unspecified atom stereocenters. The van der Waals surface area contributed by atoms with Crippen LogP contribution >= 0.6 is 0 Å². The quantitative estimate of drug-likeness (QED) is 0.422. The van der Waals surface area contributed by atoms with Crippen molar-refractivity contribution in [3.63, 3.8) is 0 Å². The summed E-state index contributed by atoms with van der Waals surface area (Å²) in [6, 6.07) is 19.7. The highest BCUT2D eigenvalue weighted by molar-refractivity contribution is 5.81. The van der Waals surface area contributed by atoms with Crippen molar-refractivity contribution in [2.45, 2.75) is 18.8 Å². The first-order valence-corrected chi connectivity index (χ1v) is 8.04. The standard InChI is InChI=1S/C21H18N2/c1-11-10-16-17-12-6-2-4-8-14(12)18(19(16)21(23)20(11)22)15-9-5-3-7-13(15)17/h2-10,17-18H,22-23H2,1H3.